The number of aliphatic hydroxyl groups is 1. The van der Waals surface area contributed by atoms with Gasteiger partial charge in [-0.15, -0.1) is 10.2 Å². The summed E-state index contributed by atoms with van der Waals surface area (Å²) in [5.74, 6) is -1.09. The molecule has 220 valence electrons. The summed E-state index contributed by atoms with van der Waals surface area (Å²) in [7, 11) is 0. The normalized spacial score (nSPS) is 16.0. The van der Waals surface area contributed by atoms with Gasteiger partial charge < -0.3 is 9.84 Å². The van der Waals surface area contributed by atoms with Gasteiger partial charge in [-0.2, -0.15) is 0 Å². The number of para-hydroxylation sites is 1. The number of Topliss-reactive ketones (excluding diaryl/α,β-unsaturated/α-hetero) is 1. The first-order chi connectivity index (χ1) is 21.3. The van der Waals surface area contributed by atoms with Crippen molar-refractivity contribution in [3.63, 3.8) is 0 Å². The molecule has 4 aromatic carbocycles. The molecule has 0 spiro atoms. The molecule has 1 aromatic heterocycles. The molecule has 0 aliphatic carbocycles. The van der Waals surface area contributed by atoms with Crippen LogP contribution in [0.5, 0.6) is 11.5 Å². The van der Waals surface area contributed by atoms with Crippen LogP contribution in [0.15, 0.2) is 107 Å². The summed E-state index contributed by atoms with van der Waals surface area (Å²) in [5, 5.41) is 20.2. The summed E-state index contributed by atoms with van der Waals surface area (Å²) >= 11 is 2.64. The zero-order chi connectivity index (χ0) is 30.8. The molecule has 1 amide bonds. The number of aliphatic hydroxyl groups excluding tert-OH is 1. The van der Waals surface area contributed by atoms with E-state index in [1.54, 1.807) is 31.2 Å². The van der Waals surface area contributed by atoms with E-state index in [1.807, 2.05) is 61.5 Å². The monoisotopic (exact) mass is 623 g/mol. The predicted octanol–water partition coefficient (Wildman–Crippen LogP) is 8.00. The molecule has 1 aliphatic heterocycles. The molecule has 44 heavy (non-hydrogen) atoms. The quantitative estimate of drug-likeness (QED) is 0.0616. The van der Waals surface area contributed by atoms with Crippen LogP contribution in [-0.2, 0) is 15.3 Å². The number of nitrogens with zero attached hydrogens (tertiary/aromatic N) is 3. The Bertz CT molecular complexity index is 1890. The Morgan fingerprint density at radius 3 is 2.43 bits per heavy atom. The van der Waals surface area contributed by atoms with Gasteiger partial charge in [0.25, 0.3) is 5.78 Å². The van der Waals surface area contributed by atoms with Gasteiger partial charge in [0.2, 0.25) is 5.13 Å². The molecule has 7 nitrogen and oxygen atoms in total. The molecule has 1 aliphatic rings. The minimum atomic E-state index is -1.07. The molecule has 5 aromatic rings. The van der Waals surface area contributed by atoms with E-state index in [0.29, 0.717) is 32.7 Å². The highest BCUT2D eigenvalue weighted by molar-refractivity contribution is 8.00. The predicted molar refractivity (Wildman–Crippen MR) is 170 cm³/mol. The number of aryl methyl sites for hydroxylation is 2. The number of amides is 1. The number of anilines is 1. The van der Waals surface area contributed by atoms with Gasteiger partial charge in [-0.25, -0.2) is 4.39 Å². The van der Waals surface area contributed by atoms with Crippen LogP contribution in [0, 0.1) is 19.7 Å². The largest absolute Gasteiger partial charge is 0.507 e. The number of hydrogen-bond acceptors (Lipinski definition) is 8. The minimum absolute atomic E-state index is 0.0828. The summed E-state index contributed by atoms with van der Waals surface area (Å²) in [6, 6.07) is 27.4. The van der Waals surface area contributed by atoms with Crippen molar-refractivity contribution in [1.82, 2.24) is 10.2 Å². The number of ether oxygens (including phenoxy) is 1. The third-order valence-corrected chi connectivity index (χ3v) is 9.25. The Morgan fingerprint density at radius 2 is 1.68 bits per heavy atom. The minimum Gasteiger partial charge on any atom is -0.507 e. The van der Waals surface area contributed by atoms with Gasteiger partial charge in [0, 0.05) is 11.3 Å². The number of carbonyl (C=O) groups excluding carboxylic acids is 2. The lowest BCUT2D eigenvalue weighted by atomic mass is 9.95. The second-order valence-electron chi connectivity index (χ2n) is 10.2. The molecule has 0 bridgehead atoms. The number of thioether (sulfide) groups is 1. The van der Waals surface area contributed by atoms with E-state index in [4.69, 9.17) is 4.74 Å². The Hall–Kier alpha value is -4.80. The van der Waals surface area contributed by atoms with Crippen molar-refractivity contribution < 1.29 is 23.8 Å². The summed E-state index contributed by atoms with van der Waals surface area (Å²) in [4.78, 5) is 28.4. The van der Waals surface area contributed by atoms with Crippen molar-refractivity contribution in [2.75, 3.05) is 4.90 Å². The molecule has 1 saturated heterocycles. The number of rotatable bonds is 8. The van der Waals surface area contributed by atoms with Crippen LogP contribution in [0.25, 0.3) is 5.76 Å². The topological polar surface area (TPSA) is 92.6 Å². The van der Waals surface area contributed by atoms with E-state index in [9.17, 15) is 19.1 Å². The number of aromatic nitrogens is 2. The molecule has 2 heterocycles. The van der Waals surface area contributed by atoms with Crippen molar-refractivity contribution >= 4 is 45.7 Å². The first kappa shape index (κ1) is 29.3. The van der Waals surface area contributed by atoms with Gasteiger partial charge in [-0.1, -0.05) is 95.4 Å². The first-order valence-corrected chi connectivity index (χ1v) is 15.5. The number of ketones is 1. The molecule has 0 unspecified atom stereocenters. The Morgan fingerprint density at radius 1 is 0.932 bits per heavy atom. The molecule has 1 N–H and O–H groups in total. The van der Waals surface area contributed by atoms with Crippen LogP contribution < -0.4 is 9.64 Å². The lowest BCUT2D eigenvalue weighted by molar-refractivity contribution is -0.132. The Balaban J connectivity index is 1.40. The molecule has 1 fully saturated rings. The van der Waals surface area contributed by atoms with Gasteiger partial charge in [-0.05, 0) is 60.9 Å². The maximum Gasteiger partial charge on any atom is 0.301 e. The van der Waals surface area contributed by atoms with Gasteiger partial charge in [0.05, 0.1) is 11.6 Å². The van der Waals surface area contributed by atoms with E-state index < -0.39 is 29.3 Å². The Labute approximate surface area is 261 Å². The second kappa shape index (κ2) is 12.4. The summed E-state index contributed by atoms with van der Waals surface area (Å²) < 4.78 is 21.1. The third kappa shape index (κ3) is 5.99. The first-order valence-electron chi connectivity index (χ1n) is 13.7. The molecule has 0 saturated carbocycles. The molecule has 0 radical (unpaired) electrons. The third-order valence-electron chi connectivity index (χ3n) is 7.13. The second-order valence-corrected chi connectivity index (χ2v) is 12.4. The highest BCUT2D eigenvalue weighted by Crippen LogP contribution is 2.45. The van der Waals surface area contributed by atoms with Crippen molar-refractivity contribution in [2.24, 2.45) is 0 Å². The van der Waals surface area contributed by atoms with Crippen LogP contribution >= 0.6 is 23.1 Å². The van der Waals surface area contributed by atoms with E-state index in [0.717, 1.165) is 11.6 Å². The number of benzene rings is 4. The highest BCUT2D eigenvalue weighted by Gasteiger charge is 2.48. The molecular weight excluding hydrogens is 598 g/mol. The van der Waals surface area contributed by atoms with Crippen molar-refractivity contribution in [2.45, 2.75) is 30.0 Å². The van der Waals surface area contributed by atoms with Crippen LogP contribution in [0.3, 0.4) is 0 Å². The molecular formula is C34H26FN3O4S2. The van der Waals surface area contributed by atoms with Crippen LogP contribution in [0.2, 0.25) is 0 Å². The Kier molecular flexibility index (Phi) is 8.28. The van der Waals surface area contributed by atoms with Crippen LogP contribution in [0.4, 0.5) is 9.52 Å². The van der Waals surface area contributed by atoms with Gasteiger partial charge >= 0.3 is 5.91 Å². The highest BCUT2D eigenvalue weighted by atomic mass is 32.2. The van der Waals surface area contributed by atoms with E-state index >= 15 is 0 Å². The average Bonchev–Trinajstić information content (AvgIpc) is 3.60. The van der Waals surface area contributed by atoms with E-state index in [2.05, 4.69) is 10.2 Å². The number of carbonyl (C=O) groups is 2. The van der Waals surface area contributed by atoms with Crippen LogP contribution in [-0.4, -0.2) is 27.0 Å². The molecule has 6 rings (SSSR count). The molecule has 1 atom stereocenters. The standard InChI is InChI=1S/C34H26FN3O4S2/c1-20-11-14-22(15-12-20)19-43-34-37-36-33(44-34)38-29(23-7-6-10-26(17-23)42-25-8-4-3-5-9-25)28(31(40)32(38)41)30(39)24-16-13-21(2)27(35)18-24/h3-18,29,39H,19H2,1-2H3/t29-/m1/s1. The van der Waals surface area contributed by atoms with Crippen molar-refractivity contribution in [3.8, 4) is 11.5 Å². The van der Waals surface area contributed by atoms with Crippen molar-refractivity contribution in [3.05, 3.63) is 136 Å². The summed E-state index contributed by atoms with van der Waals surface area (Å²) in [5.41, 5.74) is 3.06. The van der Waals surface area contributed by atoms with Gasteiger partial charge in [0.1, 0.15) is 23.1 Å². The van der Waals surface area contributed by atoms with E-state index in [-0.39, 0.29) is 16.3 Å². The van der Waals surface area contributed by atoms with Crippen LogP contribution in [0.1, 0.15) is 33.9 Å². The zero-order valence-electron chi connectivity index (χ0n) is 23.7. The summed E-state index contributed by atoms with van der Waals surface area (Å²) in [6.45, 7) is 3.62. The fourth-order valence-corrected chi connectivity index (χ4v) is 6.62. The fourth-order valence-electron chi connectivity index (χ4n) is 4.80. The molecule has 10 heteroatoms. The fraction of sp³-hybridized carbons (Fsp3) is 0.118. The van der Waals surface area contributed by atoms with E-state index in [1.165, 1.54) is 45.7 Å². The number of hydrogen-bond donors (Lipinski definition) is 1. The SMILES string of the molecule is Cc1ccc(CSc2nnc(N3C(=O)C(=O)C(=C(O)c4ccc(C)c(F)c4)[C@H]3c3cccc(Oc4ccccc4)c3)s2)cc1. The van der Waals surface area contributed by atoms with Gasteiger partial charge in [0.15, 0.2) is 4.34 Å². The zero-order valence-corrected chi connectivity index (χ0v) is 25.4. The smallest absolute Gasteiger partial charge is 0.301 e. The lowest BCUT2D eigenvalue weighted by Crippen LogP contribution is -2.29. The van der Waals surface area contributed by atoms with Gasteiger partial charge in [-0.3, -0.25) is 14.5 Å². The summed E-state index contributed by atoms with van der Waals surface area (Å²) in [6.07, 6.45) is 0. The lowest BCUT2D eigenvalue weighted by Gasteiger charge is -2.23. The van der Waals surface area contributed by atoms with Crippen molar-refractivity contribution in [1.29, 1.82) is 0 Å². The maximum absolute atomic E-state index is 14.5. The number of halogens is 1. The maximum atomic E-state index is 14.5. The average molecular weight is 624 g/mol.